The first kappa shape index (κ1) is 16.3. The molecule has 1 amide bonds. The van der Waals surface area contributed by atoms with E-state index in [1.54, 1.807) is 6.07 Å². The molecule has 1 aliphatic heterocycles. The van der Waals surface area contributed by atoms with Crippen LogP contribution in [0.15, 0.2) is 12.1 Å². The second kappa shape index (κ2) is 6.15. The van der Waals surface area contributed by atoms with Crippen molar-refractivity contribution in [3.8, 4) is 0 Å². The van der Waals surface area contributed by atoms with E-state index in [2.05, 4.69) is 15.5 Å². The van der Waals surface area contributed by atoms with Gasteiger partial charge in [0.2, 0.25) is 0 Å². The van der Waals surface area contributed by atoms with Gasteiger partial charge in [-0.25, -0.2) is 4.79 Å². The summed E-state index contributed by atoms with van der Waals surface area (Å²) in [5, 5.41) is 11.7. The van der Waals surface area contributed by atoms with Gasteiger partial charge in [0, 0.05) is 19.1 Å². The molecule has 1 saturated carbocycles. The molecule has 3 rings (SSSR count). The second-order valence-electron chi connectivity index (χ2n) is 7.46. The lowest BCUT2D eigenvalue weighted by Crippen LogP contribution is -2.36. The molecule has 1 aliphatic carbocycles. The first-order chi connectivity index (χ1) is 10.8. The Balaban J connectivity index is 1.51. The number of hydrogen-bond donors (Lipinski definition) is 1. The number of amides is 1. The number of ether oxygens (including phenoxy) is 1. The van der Waals surface area contributed by atoms with E-state index in [1.165, 1.54) is 0 Å². The lowest BCUT2D eigenvalue weighted by molar-refractivity contribution is 0.0280. The summed E-state index contributed by atoms with van der Waals surface area (Å²) >= 11 is 5.75. The van der Waals surface area contributed by atoms with E-state index in [4.69, 9.17) is 16.3 Å². The smallest absolute Gasteiger partial charge is 0.410 e. The summed E-state index contributed by atoms with van der Waals surface area (Å²) in [4.78, 5) is 14.0. The molecular weight excluding hydrogens is 316 g/mol. The first-order valence-electron chi connectivity index (χ1n) is 8.04. The lowest BCUT2D eigenvalue weighted by atomic mass is 10.0. The number of carbonyl (C=O) groups is 1. The van der Waals surface area contributed by atoms with Crippen LogP contribution >= 0.6 is 11.6 Å². The number of nitrogens with zero attached hydrogens (tertiary/aromatic N) is 3. The van der Waals surface area contributed by atoms with Crippen LogP contribution in [0.2, 0.25) is 5.15 Å². The minimum absolute atomic E-state index is 0.194. The molecule has 3 atom stereocenters. The van der Waals surface area contributed by atoms with Crippen LogP contribution in [0.5, 0.6) is 0 Å². The number of nitrogens with one attached hydrogen (secondary N) is 1. The van der Waals surface area contributed by atoms with E-state index < -0.39 is 5.60 Å². The van der Waals surface area contributed by atoms with Gasteiger partial charge < -0.3 is 15.0 Å². The molecule has 1 unspecified atom stereocenters. The van der Waals surface area contributed by atoms with E-state index in [0.717, 1.165) is 31.7 Å². The van der Waals surface area contributed by atoms with Crippen LogP contribution in [0.25, 0.3) is 0 Å². The van der Waals surface area contributed by atoms with Crippen LogP contribution in [0, 0.1) is 11.8 Å². The summed E-state index contributed by atoms with van der Waals surface area (Å²) in [6.45, 7) is 7.26. The van der Waals surface area contributed by atoms with Crippen molar-refractivity contribution in [3.05, 3.63) is 17.3 Å². The van der Waals surface area contributed by atoms with Crippen LogP contribution in [0.4, 0.5) is 10.6 Å². The molecular formula is C16H23ClN4O2. The fourth-order valence-electron chi connectivity index (χ4n) is 3.50. The molecule has 1 aromatic rings. The van der Waals surface area contributed by atoms with E-state index in [1.807, 2.05) is 31.7 Å². The van der Waals surface area contributed by atoms with Crippen LogP contribution in [0.1, 0.15) is 33.6 Å². The zero-order valence-corrected chi connectivity index (χ0v) is 14.5. The molecule has 2 heterocycles. The summed E-state index contributed by atoms with van der Waals surface area (Å²) in [6, 6.07) is 3.95. The average molecular weight is 339 g/mol. The Morgan fingerprint density at radius 2 is 1.91 bits per heavy atom. The van der Waals surface area contributed by atoms with Crippen LogP contribution < -0.4 is 5.32 Å². The number of carbonyl (C=O) groups excluding carboxylic acids is 1. The van der Waals surface area contributed by atoms with Crippen molar-refractivity contribution in [3.63, 3.8) is 0 Å². The Morgan fingerprint density at radius 1 is 1.26 bits per heavy atom. The number of anilines is 1. The zero-order chi connectivity index (χ0) is 16.6. The number of fused-ring (bicyclic) bond motifs is 1. The highest BCUT2D eigenvalue weighted by Crippen LogP contribution is 2.39. The van der Waals surface area contributed by atoms with E-state index in [0.29, 0.717) is 23.0 Å². The molecule has 0 bridgehead atoms. The normalized spacial score (nSPS) is 27.0. The summed E-state index contributed by atoms with van der Waals surface area (Å²) in [5.41, 5.74) is -0.438. The van der Waals surface area contributed by atoms with Crippen molar-refractivity contribution in [2.45, 2.75) is 45.3 Å². The van der Waals surface area contributed by atoms with Gasteiger partial charge in [0.15, 0.2) is 5.15 Å². The molecule has 1 N–H and O–H groups in total. The molecule has 0 radical (unpaired) electrons. The van der Waals surface area contributed by atoms with Gasteiger partial charge >= 0.3 is 6.09 Å². The molecule has 2 aliphatic rings. The van der Waals surface area contributed by atoms with Crippen LogP contribution in [-0.4, -0.2) is 45.9 Å². The lowest BCUT2D eigenvalue weighted by Gasteiger charge is -2.25. The Kier molecular flexibility index (Phi) is 4.36. The molecule has 2 fully saturated rings. The molecule has 7 heteroatoms. The Labute approximate surface area is 141 Å². The molecule has 6 nitrogen and oxygen atoms in total. The largest absolute Gasteiger partial charge is 0.444 e. The van der Waals surface area contributed by atoms with E-state index in [-0.39, 0.29) is 6.09 Å². The van der Waals surface area contributed by atoms with Crippen molar-refractivity contribution in [2.24, 2.45) is 11.8 Å². The van der Waals surface area contributed by atoms with Gasteiger partial charge in [-0.1, -0.05) is 11.6 Å². The van der Waals surface area contributed by atoms with Crippen molar-refractivity contribution < 1.29 is 9.53 Å². The molecule has 1 saturated heterocycles. The Morgan fingerprint density at radius 3 is 2.43 bits per heavy atom. The second-order valence-corrected chi connectivity index (χ2v) is 7.85. The maximum Gasteiger partial charge on any atom is 0.410 e. The number of halogens is 1. The minimum atomic E-state index is -0.438. The molecule has 0 aromatic carbocycles. The highest BCUT2D eigenvalue weighted by molar-refractivity contribution is 6.29. The van der Waals surface area contributed by atoms with Crippen LogP contribution in [0.3, 0.4) is 0 Å². The van der Waals surface area contributed by atoms with Gasteiger partial charge in [0.25, 0.3) is 0 Å². The average Bonchev–Trinajstić information content (AvgIpc) is 2.97. The van der Waals surface area contributed by atoms with Gasteiger partial charge in [-0.15, -0.1) is 10.2 Å². The first-order valence-corrected chi connectivity index (χ1v) is 8.41. The monoisotopic (exact) mass is 338 g/mol. The quantitative estimate of drug-likeness (QED) is 0.897. The third kappa shape index (κ3) is 4.05. The van der Waals surface area contributed by atoms with Crippen molar-refractivity contribution in [1.29, 1.82) is 0 Å². The van der Waals surface area contributed by atoms with Gasteiger partial charge in [-0.3, -0.25) is 0 Å². The van der Waals surface area contributed by atoms with Crippen molar-refractivity contribution in [2.75, 3.05) is 18.4 Å². The highest BCUT2D eigenvalue weighted by Gasteiger charge is 2.43. The number of hydrogen-bond acceptors (Lipinski definition) is 5. The fraction of sp³-hybridized carbons (Fsp3) is 0.688. The molecule has 23 heavy (non-hydrogen) atoms. The maximum absolute atomic E-state index is 12.2. The maximum atomic E-state index is 12.2. The molecule has 126 valence electrons. The van der Waals surface area contributed by atoms with Gasteiger partial charge in [0.05, 0.1) is 0 Å². The van der Waals surface area contributed by atoms with E-state index in [9.17, 15) is 4.79 Å². The Bertz CT molecular complexity index is 558. The number of aromatic nitrogens is 2. The van der Waals surface area contributed by atoms with Crippen molar-refractivity contribution >= 4 is 23.5 Å². The minimum Gasteiger partial charge on any atom is -0.444 e. The topological polar surface area (TPSA) is 67.3 Å². The summed E-state index contributed by atoms with van der Waals surface area (Å²) < 4.78 is 5.46. The van der Waals surface area contributed by atoms with Gasteiger partial charge in [0.1, 0.15) is 11.4 Å². The Hall–Kier alpha value is -1.56. The number of rotatable bonds is 2. The highest BCUT2D eigenvalue weighted by atomic mass is 35.5. The van der Waals surface area contributed by atoms with E-state index >= 15 is 0 Å². The third-order valence-corrected chi connectivity index (χ3v) is 4.59. The summed E-state index contributed by atoms with van der Waals surface area (Å²) in [6.07, 6.45) is 1.88. The zero-order valence-electron chi connectivity index (χ0n) is 13.8. The third-order valence-electron chi connectivity index (χ3n) is 4.39. The van der Waals surface area contributed by atoms with Crippen molar-refractivity contribution in [1.82, 2.24) is 15.1 Å². The van der Waals surface area contributed by atoms with Crippen LogP contribution in [-0.2, 0) is 4.74 Å². The standard InChI is InChI=1S/C16H23ClN4O2/c1-16(2,3)23-15(22)21-8-10-6-12(7-11(10)9-21)18-14-5-4-13(17)19-20-14/h4-5,10-12H,6-9H2,1-3H3,(H,18,20)/t10-,11+,12?. The fourth-order valence-corrected chi connectivity index (χ4v) is 3.60. The summed E-state index contributed by atoms with van der Waals surface area (Å²) in [7, 11) is 0. The van der Waals surface area contributed by atoms with Gasteiger partial charge in [-0.05, 0) is 57.6 Å². The SMILES string of the molecule is CC(C)(C)OC(=O)N1C[C@H]2CC(Nc3ccc(Cl)nn3)C[C@H]2C1. The van der Waals surface area contributed by atoms with Gasteiger partial charge in [-0.2, -0.15) is 0 Å². The summed E-state index contributed by atoms with van der Waals surface area (Å²) in [5.74, 6) is 1.81. The predicted molar refractivity (Wildman–Crippen MR) is 88.5 cm³/mol. The number of likely N-dealkylation sites (tertiary alicyclic amines) is 1. The predicted octanol–water partition coefficient (Wildman–Crippen LogP) is 3.19. The molecule has 0 spiro atoms. The molecule has 1 aromatic heterocycles.